The van der Waals surface area contributed by atoms with Crippen molar-refractivity contribution in [2.24, 2.45) is 0 Å². The standard InChI is InChI=1S/C52H41N/c1-2-39(42-27-29-43(30-28-42)40-16-6-3-7-17-40)24-15-37-53(47-33-31-44(32-34-47)41-18-8-4-9-19-41)48-35-36-51(52(38-48)46-20-10-5-11-21-46)50-26-14-23-45-22-12-13-25-49(45)50/h2-29,31-38,43H,1,30H2/b37-15+,39-24+. The molecular weight excluding hydrogens is 639 g/mol. The van der Waals surface area contributed by atoms with E-state index in [1.165, 1.54) is 55.3 Å². The first-order valence-electron chi connectivity index (χ1n) is 18.3. The summed E-state index contributed by atoms with van der Waals surface area (Å²) in [6.07, 6.45) is 16.3. The van der Waals surface area contributed by atoms with Crippen molar-refractivity contribution in [3.8, 4) is 33.4 Å². The largest absolute Gasteiger partial charge is 0.317 e. The maximum atomic E-state index is 4.18. The molecule has 7 aromatic carbocycles. The molecule has 0 aliphatic heterocycles. The summed E-state index contributed by atoms with van der Waals surface area (Å²) in [5, 5.41) is 2.48. The number of fused-ring (bicyclic) bond motifs is 1. The zero-order valence-corrected chi connectivity index (χ0v) is 29.7. The van der Waals surface area contributed by atoms with Crippen molar-refractivity contribution >= 4 is 22.1 Å². The van der Waals surface area contributed by atoms with Crippen molar-refractivity contribution in [1.82, 2.24) is 0 Å². The fourth-order valence-corrected chi connectivity index (χ4v) is 7.30. The summed E-state index contributed by atoms with van der Waals surface area (Å²) in [7, 11) is 0. The van der Waals surface area contributed by atoms with Gasteiger partial charge in [0.2, 0.25) is 0 Å². The van der Waals surface area contributed by atoms with Crippen molar-refractivity contribution in [1.29, 1.82) is 0 Å². The minimum absolute atomic E-state index is 0.395. The Morgan fingerprint density at radius 3 is 1.92 bits per heavy atom. The van der Waals surface area contributed by atoms with Gasteiger partial charge in [0.05, 0.1) is 0 Å². The maximum Gasteiger partial charge on any atom is 0.0462 e. The van der Waals surface area contributed by atoms with Crippen LogP contribution in [0.1, 0.15) is 17.9 Å². The van der Waals surface area contributed by atoms with E-state index in [0.29, 0.717) is 5.92 Å². The van der Waals surface area contributed by atoms with Gasteiger partial charge in [-0.15, -0.1) is 0 Å². The molecule has 7 aromatic rings. The van der Waals surface area contributed by atoms with Crippen molar-refractivity contribution < 1.29 is 0 Å². The first kappa shape index (κ1) is 33.4. The van der Waals surface area contributed by atoms with Gasteiger partial charge in [-0.2, -0.15) is 0 Å². The Morgan fingerprint density at radius 2 is 1.21 bits per heavy atom. The van der Waals surface area contributed by atoms with E-state index in [0.717, 1.165) is 23.4 Å². The molecule has 0 fully saturated rings. The molecule has 53 heavy (non-hydrogen) atoms. The third-order valence-electron chi connectivity index (χ3n) is 10.1. The lowest BCUT2D eigenvalue weighted by Crippen LogP contribution is -2.08. The molecular formula is C52H41N. The second-order valence-electron chi connectivity index (χ2n) is 13.3. The van der Waals surface area contributed by atoms with Crippen molar-refractivity contribution in [2.75, 3.05) is 4.90 Å². The van der Waals surface area contributed by atoms with Crippen LogP contribution in [0, 0.1) is 0 Å². The molecule has 0 spiro atoms. The molecule has 1 unspecified atom stereocenters. The van der Waals surface area contributed by atoms with Crippen LogP contribution < -0.4 is 4.90 Å². The first-order chi connectivity index (χ1) is 26.2. The average molecular weight is 680 g/mol. The molecule has 1 aliphatic rings. The number of benzene rings is 7. The van der Waals surface area contributed by atoms with Crippen molar-refractivity contribution in [2.45, 2.75) is 12.3 Å². The Bertz CT molecular complexity index is 2460. The summed E-state index contributed by atoms with van der Waals surface area (Å²) in [5.74, 6) is 0.395. The minimum Gasteiger partial charge on any atom is -0.317 e. The summed E-state index contributed by atoms with van der Waals surface area (Å²) >= 11 is 0. The van der Waals surface area contributed by atoms with Crippen LogP contribution in [0.25, 0.3) is 44.2 Å². The molecule has 0 radical (unpaired) electrons. The molecule has 0 amide bonds. The van der Waals surface area contributed by atoms with Gasteiger partial charge < -0.3 is 4.90 Å². The van der Waals surface area contributed by atoms with Gasteiger partial charge in [0, 0.05) is 23.5 Å². The maximum absolute atomic E-state index is 4.18. The molecule has 0 heterocycles. The van der Waals surface area contributed by atoms with Crippen LogP contribution in [0.3, 0.4) is 0 Å². The Labute approximate surface area is 313 Å². The first-order valence-corrected chi connectivity index (χ1v) is 18.3. The molecule has 0 N–H and O–H groups in total. The number of rotatable bonds is 10. The third-order valence-corrected chi connectivity index (χ3v) is 10.1. The van der Waals surface area contributed by atoms with Crippen LogP contribution in [-0.2, 0) is 0 Å². The van der Waals surface area contributed by atoms with Crippen LogP contribution >= 0.6 is 0 Å². The molecule has 0 bridgehead atoms. The number of allylic oxidation sites excluding steroid dienone is 8. The topological polar surface area (TPSA) is 3.24 Å². The SMILES string of the molecule is C=C/C(=C\C=C\N(c1ccc(-c2ccccc2)cc1)c1ccc(-c2cccc3ccccc23)c(-c2ccccc2)c1)C1=CCC(c2ccccc2)C=C1. The lowest BCUT2D eigenvalue weighted by molar-refractivity contribution is 0.847. The lowest BCUT2D eigenvalue weighted by atomic mass is 9.88. The smallest absolute Gasteiger partial charge is 0.0462 e. The summed E-state index contributed by atoms with van der Waals surface area (Å²) in [6.45, 7) is 4.18. The second-order valence-corrected chi connectivity index (χ2v) is 13.3. The van der Waals surface area contributed by atoms with Gasteiger partial charge in [0.15, 0.2) is 0 Å². The Kier molecular flexibility index (Phi) is 9.89. The minimum atomic E-state index is 0.395. The zero-order valence-electron chi connectivity index (χ0n) is 29.7. The van der Waals surface area contributed by atoms with E-state index in [4.69, 9.17) is 0 Å². The Morgan fingerprint density at radius 1 is 0.566 bits per heavy atom. The molecule has 1 atom stereocenters. The van der Waals surface area contributed by atoms with Gasteiger partial charge >= 0.3 is 0 Å². The predicted molar refractivity (Wildman–Crippen MR) is 227 cm³/mol. The van der Waals surface area contributed by atoms with Crippen LogP contribution in [0.15, 0.2) is 236 Å². The second kappa shape index (κ2) is 15.7. The molecule has 254 valence electrons. The van der Waals surface area contributed by atoms with E-state index < -0.39 is 0 Å². The monoisotopic (exact) mass is 679 g/mol. The summed E-state index contributed by atoms with van der Waals surface area (Å²) in [4.78, 5) is 2.28. The molecule has 1 nitrogen and oxygen atoms in total. The number of anilines is 2. The fourth-order valence-electron chi connectivity index (χ4n) is 7.30. The summed E-state index contributed by atoms with van der Waals surface area (Å²) < 4.78 is 0. The van der Waals surface area contributed by atoms with Gasteiger partial charge in [-0.1, -0.05) is 189 Å². The highest BCUT2D eigenvalue weighted by molar-refractivity contribution is 6.01. The van der Waals surface area contributed by atoms with E-state index in [9.17, 15) is 0 Å². The summed E-state index contributed by atoms with van der Waals surface area (Å²) in [5.41, 5.74) is 13.0. The quantitative estimate of drug-likeness (QED) is 0.130. The molecule has 0 saturated carbocycles. The van der Waals surface area contributed by atoms with E-state index in [1.54, 1.807) is 0 Å². The molecule has 1 heteroatoms. The van der Waals surface area contributed by atoms with Crippen LogP contribution in [0.4, 0.5) is 11.4 Å². The van der Waals surface area contributed by atoms with E-state index in [-0.39, 0.29) is 0 Å². The third kappa shape index (κ3) is 7.38. The highest BCUT2D eigenvalue weighted by Crippen LogP contribution is 2.40. The molecule has 0 aromatic heterocycles. The summed E-state index contributed by atoms with van der Waals surface area (Å²) in [6, 6.07) is 62.9. The van der Waals surface area contributed by atoms with Crippen LogP contribution in [-0.4, -0.2) is 0 Å². The molecule has 8 rings (SSSR count). The van der Waals surface area contributed by atoms with Crippen LogP contribution in [0.2, 0.25) is 0 Å². The zero-order chi connectivity index (χ0) is 35.8. The van der Waals surface area contributed by atoms with Gasteiger partial charge in [0.1, 0.15) is 0 Å². The Balaban J connectivity index is 1.19. The van der Waals surface area contributed by atoms with E-state index >= 15 is 0 Å². The van der Waals surface area contributed by atoms with Crippen LogP contribution in [0.5, 0.6) is 0 Å². The van der Waals surface area contributed by atoms with Gasteiger partial charge in [-0.3, -0.25) is 0 Å². The number of hydrogen-bond donors (Lipinski definition) is 0. The van der Waals surface area contributed by atoms with Gasteiger partial charge in [-0.05, 0) is 97.6 Å². The van der Waals surface area contributed by atoms with E-state index in [2.05, 4.69) is 224 Å². The highest BCUT2D eigenvalue weighted by atomic mass is 15.1. The molecule has 0 saturated heterocycles. The highest BCUT2D eigenvalue weighted by Gasteiger charge is 2.16. The normalized spacial score (nSPS) is 14.3. The van der Waals surface area contributed by atoms with Crippen molar-refractivity contribution in [3.63, 3.8) is 0 Å². The molecule has 1 aliphatic carbocycles. The van der Waals surface area contributed by atoms with Gasteiger partial charge in [0.25, 0.3) is 0 Å². The average Bonchev–Trinajstić information content (AvgIpc) is 3.24. The number of nitrogens with zero attached hydrogens (tertiary/aromatic N) is 1. The predicted octanol–water partition coefficient (Wildman–Crippen LogP) is 14.3. The fraction of sp³-hybridized carbons (Fsp3) is 0.0385. The number of hydrogen-bond acceptors (Lipinski definition) is 1. The Hall–Kier alpha value is -6.70. The van der Waals surface area contributed by atoms with E-state index in [1.807, 2.05) is 6.08 Å². The van der Waals surface area contributed by atoms with Gasteiger partial charge in [-0.25, -0.2) is 0 Å². The van der Waals surface area contributed by atoms with Crippen molar-refractivity contribution in [3.05, 3.63) is 242 Å². The lowest BCUT2D eigenvalue weighted by Gasteiger charge is -2.24.